The summed E-state index contributed by atoms with van der Waals surface area (Å²) in [5.41, 5.74) is 1.60. The molecule has 1 unspecified atom stereocenters. The Hall–Kier alpha value is -2.15. The second-order valence-electron chi connectivity index (χ2n) is 5.93. The summed E-state index contributed by atoms with van der Waals surface area (Å²) in [5, 5.41) is 10.3. The molecule has 0 N–H and O–H groups in total. The molecule has 128 valence electrons. The molecule has 1 fully saturated rings. The summed E-state index contributed by atoms with van der Waals surface area (Å²) >= 11 is 1.63. The van der Waals surface area contributed by atoms with Crippen LogP contribution < -0.4 is 9.64 Å². The van der Waals surface area contributed by atoms with Crippen molar-refractivity contribution >= 4 is 22.4 Å². The van der Waals surface area contributed by atoms with E-state index in [4.69, 9.17) is 9.47 Å². The number of rotatable bonds is 5. The van der Waals surface area contributed by atoms with Crippen LogP contribution in [0.4, 0.5) is 5.13 Å². The molecule has 1 atom stereocenters. The number of benzene rings is 1. The highest BCUT2D eigenvalue weighted by Crippen LogP contribution is 2.31. The lowest BCUT2D eigenvalue weighted by atomic mass is 9.96. The molecule has 3 rings (SSSR count). The fourth-order valence-corrected chi connectivity index (χ4v) is 3.80. The van der Waals surface area contributed by atoms with E-state index < -0.39 is 0 Å². The lowest BCUT2D eigenvalue weighted by Gasteiger charge is -2.16. The summed E-state index contributed by atoms with van der Waals surface area (Å²) in [6.07, 6.45) is 1.95. The number of nitrogens with zero attached hydrogens (tertiary/aromatic N) is 3. The standard InChI is InChI=1S/C17H21N3O3S/c1-11-18-19-17(24-11)20-7-6-12(10-20)8-14-9-13(16(21)23-3)4-5-15(14)22-2/h4-5,9,12H,6-8,10H2,1-3H3. The number of hydrogen-bond acceptors (Lipinski definition) is 7. The summed E-state index contributed by atoms with van der Waals surface area (Å²) in [6, 6.07) is 5.45. The highest BCUT2D eigenvalue weighted by Gasteiger charge is 2.26. The first-order chi connectivity index (χ1) is 11.6. The normalized spacial score (nSPS) is 17.1. The van der Waals surface area contributed by atoms with Gasteiger partial charge in [-0.3, -0.25) is 0 Å². The lowest BCUT2D eigenvalue weighted by molar-refractivity contribution is 0.0600. The van der Waals surface area contributed by atoms with Crippen LogP contribution in [0.2, 0.25) is 0 Å². The summed E-state index contributed by atoms with van der Waals surface area (Å²) in [5.74, 6) is 0.986. The van der Waals surface area contributed by atoms with E-state index in [1.165, 1.54) is 7.11 Å². The Bertz CT molecular complexity index is 732. The zero-order valence-corrected chi connectivity index (χ0v) is 14.9. The molecule has 2 heterocycles. The van der Waals surface area contributed by atoms with Crippen molar-refractivity contribution in [3.63, 3.8) is 0 Å². The topological polar surface area (TPSA) is 64.6 Å². The molecule has 1 aliphatic heterocycles. The molecule has 0 radical (unpaired) electrons. The predicted octanol–water partition coefficient (Wildman–Crippen LogP) is 2.71. The molecule has 1 aromatic heterocycles. The van der Waals surface area contributed by atoms with Crippen molar-refractivity contribution in [1.82, 2.24) is 10.2 Å². The van der Waals surface area contributed by atoms with Gasteiger partial charge in [-0.15, -0.1) is 10.2 Å². The van der Waals surface area contributed by atoms with Gasteiger partial charge in [0, 0.05) is 13.1 Å². The van der Waals surface area contributed by atoms with Gasteiger partial charge in [0.2, 0.25) is 5.13 Å². The summed E-state index contributed by atoms with van der Waals surface area (Å²) in [7, 11) is 3.05. The number of aryl methyl sites for hydroxylation is 1. The Morgan fingerprint density at radius 3 is 2.88 bits per heavy atom. The zero-order chi connectivity index (χ0) is 17.1. The van der Waals surface area contributed by atoms with Crippen LogP contribution in [0.1, 0.15) is 27.3 Å². The van der Waals surface area contributed by atoms with E-state index in [2.05, 4.69) is 15.1 Å². The van der Waals surface area contributed by atoms with Gasteiger partial charge < -0.3 is 14.4 Å². The number of hydrogen-bond donors (Lipinski definition) is 0. The highest BCUT2D eigenvalue weighted by atomic mass is 32.1. The monoisotopic (exact) mass is 347 g/mol. The Morgan fingerprint density at radius 2 is 2.21 bits per heavy atom. The number of aromatic nitrogens is 2. The van der Waals surface area contributed by atoms with Crippen molar-refractivity contribution < 1.29 is 14.3 Å². The van der Waals surface area contributed by atoms with Crippen molar-refractivity contribution in [3.05, 3.63) is 34.3 Å². The van der Waals surface area contributed by atoms with E-state index in [1.807, 2.05) is 19.1 Å². The third kappa shape index (κ3) is 3.51. The summed E-state index contributed by atoms with van der Waals surface area (Å²) in [6.45, 7) is 3.90. The van der Waals surface area contributed by atoms with E-state index in [9.17, 15) is 4.79 Å². The minimum absolute atomic E-state index is 0.323. The Labute approximate surface area is 145 Å². The third-order valence-corrected chi connectivity index (χ3v) is 5.18. The quantitative estimate of drug-likeness (QED) is 0.775. The highest BCUT2D eigenvalue weighted by molar-refractivity contribution is 7.15. The van der Waals surface area contributed by atoms with Crippen molar-refractivity contribution in [2.24, 2.45) is 5.92 Å². The van der Waals surface area contributed by atoms with Crippen LogP contribution in [0.3, 0.4) is 0 Å². The van der Waals surface area contributed by atoms with Crippen LogP contribution in [0.25, 0.3) is 0 Å². The first-order valence-corrected chi connectivity index (χ1v) is 8.72. The minimum atomic E-state index is -0.323. The molecule has 1 aliphatic rings. The number of anilines is 1. The smallest absolute Gasteiger partial charge is 0.337 e. The van der Waals surface area contributed by atoms with Gasteiger partial charge in [-0.25, -0.2) is 4.79 Å². The first kappa shape index (κ1) is 16.7. The molecule has 0 aliphatic carbocycles. The molecule has 1 aromatic carbocycles. The second kappa shape index (κ2) is 7.17. The van der Waals surface area contributed by atoms with Crippen molar-refractivity contribution in [2.45, 2.75) is 19.8 Å². The van der Waals surface area contributed by atoms with Crippen molar-refractivity contribution in [2.75, 3.05) is 32.2 Å². The van der Waals surface area contributed by atoms with Gasteiger partial charge in [0.1, 0.15) is 10.8 Å². The largest absolute Gasteiger partial charge is 0.496 e. The van der Waals surface area contributed by atoms with Crippen LogP contribution in [-0.2, 0) is 11.2 Å². The lowest BCUT2D eigenvalue weighted by Crippen LogP contribution is -2.20. The van der Waals surface area contributed by atoms with E-state index in [1.54, 1.807) is 24.5 Å². The Morgan fingerprint density at radius 1 is 1.38 bits per heavy atom. The maximum absolute atomic E-state index is 11.8. The second-order valence-corrected chi connectivity index (χ2v) is 7.09. The maximum Gasteiger partial charge on any atom is 0.337 e. The summed E-state index contributed by atoms with van der Waals surface area (Å²) in [4.78, 5) is 14.0. The van der Waals surface area contributed by atoms with E-state index in [0.717, 1.165) is 47.4 Å². The van der Waals surface area contributed by atoms with Gasteiger partial charge in [0.15, 0.2) is 0 Å². The molecule has 0 bridgehead atoms. The van der Waals surface area contributed by atoms with Crippen LogP contribution >= 0.6 is 11.3 Å². The van der Waals surface area contributed by atoms with Crippen molar-refractivity contribution in [3.8, 4) is 5.75 Å². The van der Waals surface area contributed by atoms with Gasteiger partial charge in [0.25, 0.3) is 0 Å². The molecule has 2 aromatic rings. The molecule has 24 heavy (non-hydrogen) atoms. The number of ether oxygens (including phenoxy) is 2. The van der Waals surface area contributed by atoms with Gasteiger partial charge in [-0.2, -0.15) is 0 Å². The number of carbonyl (C=O) groups excluding carboxylic acids is 1. The average Bonchev–Trinajstić information content (AvgIpc) is 3.23. The number of esters is 1. The van der Waals surface area contributed by atoms with E-state index in [0.29, 0.717) is 11.5 Å². The van der Waals surface area contributed by atoms with E-state index in [-0.39, 0.29) is 5.97 Å². The van der Waals surface area contributed by atoms with Gasteiger partial charge in [-0.05, 0) is 49.4 Å². The third-order valence-electron chi connectivity index (χ3n) is 4.28. The van der Waals surface area contributed by atoms with Crippen molar-refractivity contribution in [1.29, 1.82) is 0 Å². The Balaban J connectivity index is 1.72. The molecular weight excluding hydrogens is 326 g/mol. The van der Waals surface area contributed by atoms with Gasteiger partial charge >= 0.3 is 5.97 Å². The molecular formula is C17H21N3O3S. The molecule has 7 heteroatoms. The molecule has 0 saturated carbocycles. The predicted molar refractivity (Wildman–Crippen MR) is 93.0 cm³/mol. The minimum Gasteiger partial charge on any atom is -0.496 e. The molecule has 0 amide bonds. The van der Waals surface area contributed by atoms with Gasteiger partial charge in [0.05, 0.1) is 19.8 Å². The Kier molecular flexibility index (Phi) is 4.99. The molecule has 0 spiro atoms. The average molecular weight is 347 g/mol. The van der Waals surface area contributed by atoms with E-state index >= 15 is 0 Å². The molecule has 6 nitrogen and oxygen atoms in total. The van der Waals surface area contributed by atoms with Crippen LogP contribution in [0, 0.1) is 12.8 Å². The van der Waals surface area contributed by atoms with Crippen LogP contribution in [0.15, 0.2) is 18.2 Å². The number of carbonyl (C=O) groups is 1. The fraction of sp³-hybridized carbons (Fsp3) is 0.471. The zero-order valence-electron chi connectivity index (χ0n) is 14.1. The van der Waals surface area contributed by atoms with Crippen LogP contribution in [0.5, 0.6) is 5.75 Å². The fourth-order valence-electron chi connectivity index (χ4n) is 3.08. The first-order valence-electron chi connectivity index (χ1n) is 7.91. The van der Waals surface area contributed by atoms with Crippen LogP contribution in [-0.4, -0.2) is 43.5 Å². The molecule has 1 saturated heterocycles. The SMILES string of the molecule is COC(=O)c1ccc(OC)c(CC2CCN(c3nnc(C)s3)C2)c1. The van der Waals surface area contributed by atoms with Gasteiger partial charge in [-0.1, -0.05) is 11.3 Å². The maximum atomic E-state index is 11.8. The summed E-state index contributed by atoms with van der Waals surface area (Å²) < 4.78 is 10.3. The number of methoxy groups -OCH3 is 2.